The third-order valence-electron chi connectivity index (χ3n) is 21.6. The predicted octanol–water partition coefficient (Wildman–Crippen LogP) is 23.4. The molecule has 4 aromatic rings. The van der Waals surface area contributed by atoms with Crippen LogP contribution in [0.1, 0.15) is 173 Å². The molecule has 0 aliphatic heterocycles. The molecule has 0 aliphatic rings. The number of methoxy groups -OCH3 is 1. The first-order chi connectivity index (χ1) is 42.5. The smallest absolute Gasteiger partial charge is 0.192 e. The molecule has 0 radical (unpaired) electrons. The highest BCUT2D eigenvalue weighted by Gasteiger charge is 2.46. The van der Waals surface area contributed by atoms with Gasteiger partial charge in [0.05, 0.1) is 50.8 Å². The second-order valence-electron chi connectivity index (χ2n) is 33.3. The first-order valence-electron chi connectivity index (χ1n) is 34.9. The number of allylic oxidation sites excluding steroid dienone is 2. The highest BCUT2D eigenvalue weighted by atomic mass is 28.4. The van der Waals surface area contributed by atoms with E-state index in [1.165, 1.54) is 0 Å². The van der Waals surface area contributed by atoms with Gasteiger partial charge in [-0.05, 0) is 150 Å². The van der Waals surface area contributed by atoms with Gasteiger partial charge in [-0.1, -0.05) is 277 Å². The lowest BCUT2D eigenvalue weighted by molar-refractivity contribution is -0.0551. The summed E-state index contributed by atoms with van der Waals surface area (Å²) in [5, 5.41) is 0.104. The number of hydrogen-bond donors (Lipinski definition) is 0. The molecule has 514 valence electrons. The summed E-state index contributed by atoms with van der Waals surface area (Å²) in [6.07, 6.45) is 19.0. The molecule has 0 aromatic heterocycles. The highest BCUT2D eigenvalue weighted by molar-refractivity contribution is 6.75. The maximum absolute atomic E-state index is 7.69. The first-order valence-corrected chi connectivity index (χ1v) is 46.6. The van der Waals surface area contributed by atoms with Crippen molar-refractivity contribution in [1.29, 1.82) is 0 Å². The van der Waals surface area contributed by atoms with Crippen LogP contribution in [-0.2, 0) is 39.4 Å². The summed E-state index contributed by atoms with van der Waals surface area (Å²) in [7, 11) is -7.32. The lowest BCUT2D eigenvalue weighted by atomic mass is 9.80. The molecule has 0 unspecified atom stereocenters. The van der Waals surface area contributed by atoms with E-state index in [2.05, 4.69) is 323 Å². The van der Waals surface area contributed by atoms with Crippen LogP contribution >= 0.6 is 0 Å². The van der Waals surface area contributed by atoms with Crippen molar-refractivity contribution >= 4 is 33.3 Å². The van der Waals surface area contributed by atoms with Gasteiger partial charge in [0.25, 0.3) is 0 Å². The molecule has 0 saturated heterocycles. The molecule has 0 heterocycles. The number of ether oxygens (including phenoxy) is 3. The predicted molar refractivity (Wildman–Crippen MR) is 406 cm³/mol. The first kappa shape index (κ1) is 80.7. The zero-order valence-electron chi connectivity index (χ0n) is 63.2. The lowest BCUT2D eigenvalue weighted by Gasteiger charge is -2.44. The summed E-state index contributed by atoms with van der Waals surface area (Å²) >= 11 is 0. The molecular formula is C81H132O7Si4. The van der Waals surface area contributed by atoms with Crippen molar-refractivity contribution < 1.29 is 31.9 Å². The van der Waals surface area contributed by atoms with Crippen LogP contribution in [0.15, 0.2) is 164 Å². The normalized spacial score (nSPS) is 17.5. The van der Waals surface area contributed by atoms with E-state index < -0.39 is 38.9 Å². The summed E-state index contributed by atoms with van der Waals surface area (Å²) in [5.74, 6) is 2.01. The molecule has 92 heavy (non-hydrogen) atoms. The molecule has 0 amide bonds. The summed E-state index contributed by atoms with van der Waals surface area (Å²) in [6.45, 7) is 66.7. The number of rotatable bonds is 36. The Hall–Kier alpha value is -3.73. The van der Waals surface area contributed by atoms with Crippen molar-refractivity contribution in [3.8, 4) is 5.75 Å². The molecule has 11 atom stereocenters. The Kier molecular flexibility index (Phi) is 30.2. The molecule has 0 bridgehead atoms. The fraction of sp³-hybridized carbons (Fsp3) is 0.605. The van der Waals surface area contributed by atoms with Crippen LogP contribution in [0.5, 0.6) is 5.75 Å². The maximum Gasteiger partial charge on any atom is 0.192 e. The molecule has 0 N–H and O–H groups in total. The molecule has 0 fully saturated rings. The van der Waals surface area contributed by atoms with E-state index in [4.69, 9.17) is 31.9 Å². The van der Waals surface area contributed by atoms with E-state index >= 15 is 0 Å². The third kappa shape index (κ3) is 23.0. The van der Waals surface area contributed by atoms with Gasteiger partial charge < -0.3 is 31.9 Å². The van der Waals surface area contributed by atoms with Crippen LogP contribution in [0.2, 0.25) is 72.5 Å². The van der Waals surface area contributed by atoms with Gasteiger partial charge in [0.1, 0.15) is 11.4 Å². The average molecular weight is 1330 g/mol. The van der Waals surface area contributed by atoms with Crippen molar-refractivity contribution in [2.24, 2.45) is 35.5 Å². The van der Waals surface area contributed by atoms with Gasteiger partial charge in [-0.15, -0.1) is 0 Å². The van der Waals surface area contributed by atoms with Crippen LogP contribution in [-0.4, -0.2) is 77.5 Å². The Morgan fingerprint density at radius 2 is 0.891 bits per heavy atom. The molecule has 4 aromatic carbocycles. The van der Waals surface area contributed by atoms with Crippen LogP contribution in [0.25, 0.3) is 0 Å². The minimum atomic E-state index is -2.30. The molecule has 0 saturated carbocycles. The monoisotopic (exact) mass is 1330 g/mol. The van der Waals surface area contributed by atoms with Crippen molar-refractivity contribution in [3.05, 3.63) is 187 Å². The minimum Gasteiger partial charge on any atom is -0.497 e. The van der Waals surface area contributed by atoms with Gasteiger partial charge in [0.15, 0.2) is 33.3 Å². The fourth-order valence-electron chi connectivity index (χ4n) is 11.5. The van der Waals surface area contributed by atoms with Gasteiger partial charge in [-0.25, -0.2) is 0 Å². The quantitative estimate of drug-likeness (QED) is 0.0195. The Bertz CT molecular complexity index is 2760. The van der Waals surface area contributed by atoms with Gasteiger partial charge in [-0.2, -0.15) is 0 Å². The van der Waals surface area contributed by atoms with Crippen LogP contribution in [0.4, 0.5) is 0 Å². The number of hydrogen-bond acceptors (Lipinski definition) is 7. The van der Waals surface area contributed by atoms with E-state index in [1.807, 2.05) is 18.2 Å². The molecule has 11 heteroatoms. The van der Waals surface area contributed by atoms with E-state index in [9.17, 15) is 0 Å². The number of benzene rings is 4. The maximum atomic E-state index is 7.69. The van der Waals surface area contributed by atoms with E-state index in [-0.39, 0.29) is 80.3 Å². The van der Waals surface area contributed by atoms with Crippen LogP contribution < -0.4 is 4.74 Å². The zero-order valence-corrected chi connectivity index (χ0v) is 67.2. The summed E-state index contributed by atoms with van der Waals surface area (Å²) in [4.78, 5) is 0. The Morgan fingerprint density at radius 1 is 0.457 bits per heavy atom. The highest BCUT2D eigenvalue weighted by Crippen LogP contribution is 2.46. The molecule has 4 rings (SSSR count). The lowest BCUT2D eigenvalue weighted by Crippen LogP contribution is -2.48. The third-order valence-corrected chi connectivity index (χ3v) is 39.6. The van der Waals surface area contributed by atoms with Crippen molar-refractivity contribution in [2.75, 3.05) is 13.7 Å². The molecular weight excluding hydrogens is 1200 g/mol. The zero-order chi connectivity index (χ0) is 69.3. The summed E-state index contributed by atoms with van der Waals surface area (Å²) < 4.78 is 50.2. The van der Waals surface area contributed by atoms with Gasteiger partial charge in [0.2, 0.25) is 0 Å². The topological polar surface area (TPSA) is 64.6 Å². The minimum absolute atomic E-state index is 0.00323. The van der Waals surface area contributed by atoms with Crippen molar-refractivity contribution in [3.63, 3.8) is 0 Å². The Morgan fingerprint density at radius 3 is 1.34 bits per heavy atom. The van der Waals surface area contributed by atoms with Gasteiger partial charge >= 0.3 is 0 Å². The summed E-state index contributed by atoms with van der Waals surface area (Å²) in [6, 6.07) is 40.2. The second-order valence-corrected chi connectivity index (χ2v) is 52.3. The van der Waals surface area contributed by atoms with E-state index in [1.54, 1.807) is 7.11 Å². The van der Waals surface area contributed by atoms with Crippen molar-refractivity contribution in [2.45, 2.75) is 266 Å². The second kappa shape index (κ2) is 34.5. The van der Waals surface area contributed by atoms with E-state index in [0.29, 0.717) is 19.1 Å². The Balaban J connectivity index is 1.73. The van der Waals surface area contributed by atoms with E-state index in [0.717, 1.165) is 53.7 Å². The summed E-state index contributed by atoms with van der Waals surface area (Å²) in [5.41, 5.74) is 3.58. The van der Waals surface area contributed by atoms with Gasteiger partial charge in [0, 0.05) is 18.3 Å². The molecule has 7 nitrogen and oxygen atoms in total. The fourth-order valence-corrected chi connectivity index (χ4v) is 17.1. The van der Waals surface area contributed by atoms with Crippen LogP contribution in [0.3, 0.4) is 0 Å². The van der Waals surface area contributed by atoms with Gasteiger partial charge in [-0.3, -0.25) is 0 Å². The molecule has 0 aliphatic carbocycles. The average Bonchev–Trinajstić information content (AvgIpc) is 0.763. The Labute approximate surface area is 568 Å². The molecule has 0 spiro atoms. The standard InChI is InChI=1S/C81H132O7Si4/c1-29-30-41-63(4)76(83-60-67-51-54-71(82-20)55-52-67)66(7)73(86-90(23,24)78(11,12)13)56-49-61(2)58-65(6)75(88-92(27,28)80(17,18)19)64(5)50-53-72(85-89(21,22)77(8,9)10)59-74(87-91(25,26)79(14,15)16)62(3)42-40-57-84-81(68-43-34-31-35-44-68,69-45-36-32-37-46-69)70-47-38-33-39-48-70/h29-48,50-55,61-66,72-76H,1,49,56-60H2,2-28H3/b41-30-,42-40+,53-50-/t61-,62-,63-,64-,65+,66-,72+,73+,74-,75-,76-/m0/s1. The van der Waals surface area contributed by atoms with Crippen LogP contribution in [0, 0.1) is 35.5 Å². The van der Waals surface area contributed by atoms with Crippen molar-refractivity contribution in [1.82, 2.24) is 0 Å². The largest absolute Gasteiger partial charge is 0.497 e. The SMILES string of the molecule is C=C/C=C\[C@H](C)[C@H](OCc1ccc(OC)cc1)[C@@H](C)[C@@H](CC[C@H](C)C[C@@H](C)[C@@H](O[Si](C)(C)C(C)(C)C)[C@@H](C)/C=C\[C@H](C[C@H](O[Si](C)(C)C(C)(C)C)[C@@H](C)/C=C/COC(c1ccccc1)(c1ccccc1)c1ccccc1)O[Si](C)(C)C(C)(C)C)O[Si](C)(C)C(C)(C)C.